The van der Waals surface area contributed by atoms with Gasteiger partial charge in [-0.1, -0.05) is 24.3 Å². The highest BCUT2D eigenvalue weighted by molar-refractivity contribution is 5.31. The predicted octanol–water partition coefficient (Wildman–Crippen LogP) is 3.03. The van der Waals surface area contributed by atoms with E-state index < -0.39 is 6.43 Å². The smallest absolute Gasteiger partial charge is 0.263 e. The van der Waals surface area contributed by atoms with Crippen LogP contribution in [0.15, 0.2) is 36.5 Å². The molecular weight excluding hydrogens is 252 g/mol. The summed E-state index contributed by atoms with van der Waals surface area (Å²) in [6.45, 7) is 0.455. The summed E-state index contributed by atoms with van der Waals surface area (Å²) in [4.78, 5) is 8.11. The van der Waals surface area contributed by atoms with Gasteiger partial charge in [0.15, 0.2) is 0 Å². The molecule has 4 nitrogen and oxygen atoms in total. The van der Waals surface area contributed by atoms with E-state index >= 15 is 0 Å². The van der Waals surface area contributed by atoms with Crippen LogP contribution >= 0.6 is 0 Å². The van der Waals surface area contributed by atoms with E-state index in [1.54, 1.807) is 24.4 Å². The number of anilines is 1. The number of ether oxygens (including phenoxy) is 1. The molecule has 0 amide bonds. The Kier molecular flexibility index (Phi) is 4.22. The van der Waals surface area contributed by atoms with Crippen LogP contribution in [-0.2, 0) is 6.54 Å². The average molecular weight is 265 g/mol. The lowest BCUT2D eigenvalue weighted by molar-refractivity contribution is 0.151. The number of halogens is 2. The maximum atomic E-state index is 12.4. The zero-order valence-electron chi connectivity index (χ0n) is 10.3. The Morgan fingerprint density at radius 3 is 2.58 bits per heavy atom. The van der Waals surface area contributed by atoms with E-state index in [-0.39, 0.29) is 5.56 Å². The van der Waals surface area contributed by atoms with E-state index in [4.69, 9.17) is 4.74 Å². The number of methoxy groups -OCH3 is 1. The zero-order valence-corrected chi connectivity index (χ0v) is 10.3. The van der Waals surface area contributed by atoms with Crippen molar-refractivity contribution in [2.75, 3.05) is 12.4 Å². The van der Waals surface area contributed by atoms with E-state index in [0.29, 0.717) is 18.4 Å². The number of nitrogens with one attached hydrogen (secondary N) is 1. The van der Waals surface area contributed by atoms with Gasteiger partial charge in [-0.3, -0.25) is 0 Å². The van der Waals surface area contributed by atoms with E-state index in [2.05, 4.69) is 15.3 Å². The van der Waals surface area contributed by atoms with Gasteiger partial charge in [0.2, 0.25) is 11.8 Å². The lowest BCUT2D eigenvalue weighted by Crippen LogP contribution is -2.04. The second-order valence-electron chi connectivity index (χ2n) is 3.82. The van der Waals surface area contributed by atoms with Gasteiger partial charge in [0.1, 0.15) is 0 Å². The van der Waals surface area contributed by atoms with Gasteiger partial charge >= 0.3 is 0 Å². The molecule has 19 heavy (non-hydrogen) atoms. The summed E-state index contributed by atoms with van der Waals surface area (Å²) < 4.78 is 29.7. The van der Waals surface area contributed by atoms with Gasteiger partial charge in [-0.15, -0.1) is 0 Å². The second-order valence-corrected chi connectivity index (χ2v) is 3.82. The molecule has 0 saturated carbocycles. The average Bonchev–Trinajstić information content (AvgIpc) is 2.46. The maximum Gasteiger partial charge on any atom is 0.263 e. The summed E-state index contributed by atoms with van der Waals surface area (Å²) in [5.41, 5.74) is 0.886. The first-order valence-corrected chi connectivity index (χ1v) is 5.67. The molecule has 6 heteroatoms. The minimum Gasteiger partial charge on any atom is -0.481 e. The fraction of sp³-hybridized carbons (Fsp3) is 0.231. The predicted molar refractivity (Wildman–Crippen MR) is 67.3 cm³/mol. The van der Waals surface area contributed by atoms with Crippen LogP contribution in [0.5, 0.6) is 5.88 Å². The standard InChI is InChI=1S/C13H13F2N3O/c1-19-11-6-7-16-13(18-11)17-8-9-2-4-10(5-3-9)12(14)15/h2-7,12H,8H2,1H3,(H,16,17,18). The molecule has 0 unspecified atom stereocenters. The molecule has 0 spiro atoms. The Morgan fingerprint density at radius 1 is 1.21 bits per heavy atom. The molecule has 0 fully saturated rings. The van der Waals surface area contributed by atoms with Crippen molar-refractivity contribution in [3.8, 4) is 5.88 Å². The van der Waals surface area contributed by atoms with Crippen molar-refractivity contribution >= 4 is 5.95 Å². The van der Waals surface area contributed by atoms with Gasteiger partial charge in [-0.05, 0) is 5.56 Å². The summed E-state index contributed by atoms with van der Waals surface area (Å²) in [6, 6.07) is 7.76. The van der Waals surface area contributed by atoms with Crippen molar-refractivity contribution in [2.45, 2.75) is 13.0 Å². The van der Waals surface area contributed by atoms with Gasteiger partial charge in [0.05, 0.1) is 7.11 Å². The Morgan fingerprint density at radius 2 is 1.95 bits per heavy atom. The molecule has 0 aliphatic rings. The molecule has 0 aliphatic carbocycles. The summed E-state index contributed by atoms with van der Waals surface area (Å²) >= 11 is 0. The fourth-order valence-corrected chi connectivity index (χ4v) is 1.50. The fourth-order valence-electron chi connectivity index (χ4n) is 1.50. The Hall–Kier alpha value is -2.24. The highest BCUT2D eigenvalue weighted by atomic mass is 19.3. The molecule has 1 aromatic carbocycles. The number of aromatic nitrogens is 2. The van der Waals surface area contributed by atoms with Crippen molar-refractivity contribution in [1.82, 2.24) is 9.97 Å². The van der Waals surface area contributed by atoms with Crippen molar-refractivity contribution in [3.05, 3.63) is 47.7 Å². The molecule has 0 bridgehead atoms. The molecule has 1 N–H and O–H groups in total. The number of rotatable bonds is 5. The monoisotopic (exact) mass is 265 g/mol. The highest BCUT2D eigenvalue weighted by Crippen LogP contribution is 2.19. The van der Waals surface area contributed by atoms with Crippen molar-refractivity contribution in [2.24, 2.45) is 0 Å². The largest absolute Gasteiger partial charge is 0.481 e. The third-order valence-corrected chi connectivity index (χ3v) is 2.52. The minimum absolute atomic E-state index is 0.0152. The second kappa shape index (κ2) is 6.08. The van der Waals surface area contributed by atoms with E-state index in [1.807, 2.05) is 0 Å². The third-order valence-electron chi connectivity index (χ3n) is 2.52. The maximum absolute atomic E-state index is 12.4. The molecule has 0 radical (unpaired) electrons. The van der Waals surface area contributed by atoms with Crippen LogP contribution in [-0.4, -0.2) is 17.1 Å². The number of hydrogen-bond acceptors (Lipinski definition) is 4. The zero-order chi connectivity index (χ0) is 13.7. The van der Waals surface area contributed by atoms with Gasteiger partial charge in [-0.2, -0.15) is 4.98 Å². The summed E-state index contributed by atoms with van der Waals surface area (Å²) in [7, 11) is 1.52. The van der Waals surface area contributed by atoms with Crippen molar-refractivity contribution in [1.29, 1.82) is 0 Å². The summed E-state index contributed by atoms with van der Waals surface area (Å²) in [6.07, 6.45) is -0.864. The molecule has 0 atom stereocenters. The molecular formula is C13H13F2N3O. The quantitative estimate of drug-likeness (QED) is 0.902. The normalized spacial score (nSPS) is 10.5. The molecule has 1 heterocycles. The topological polar surface area (TPSA) is 47.0 Å². The first-order chi connectivity index (χ1) is 9.19. The lowest BCUT2D eigenvalue weighted by atomic mass is 10.1. The van der Waals surface area contributed by atoms with Crippen molar-refractivity contribution < 1.29 is 13.5 Å². The van der Waals surface area contributed by atoms with Crippen LogP contribution in [0.4, 0.5) is 14.7 Å². The minimum atomic E-state index is -2.44. The Labute approximate surface area is 109 Å². The number of alkyl halides is 2. The third kappa shape index (κ3) is 3.61. The van der Waals surface area contributed by atoms with E-state index in [1.165, 1.54) is 19.2 Å². The molecule has 100 valence electrons. The van der Waals surface area contributed by atoms with Gasteiger partial charge in [0.25, 0.3) is 6.43 Å². The van der Waals surface area contributed by atoms with Gasteiger partial charge < -0.3 is 10.1 Å². The van der Waals surface area contributed by atoms with Crippen LogP contribution in [0.1, 0.15) is 17.6 Å². The van der Waals surface area contributed by atoms with Crippen LogP contribution < -0.4 is 10.1 Å². The molecule has 0 saturated heterocycles. The van der Waals surface area contributed by atoms with Crippen molar-refractivity contribution in [3.63, 3.8) is 0 Å². The van der Waals surface area contributed by atoms with E-state index in [0.717, 1.165) is 5.56 Å². The van der Waals surface area contributed by atoms with Gasteiger partial charge in [0, 0.05) is 24.4 Å². The SMILES string of the molecule is COc1ccnc(NCc2ccc(C(F)F)cc2)n1. The Balaban J connectivity index is 1.98. The molecule has 1 aromatic heterocycles. The Bertz CT molecular complexity index is 532. The summed E-state index contributed by atoms with van der Waals surface area (Å²) in [5, 5.41) is 2.99. The number of hydrogen-bond donors (Lipinski definition) is 1. The van der Waals surface area contributed by atoms with Crippen LogP contribution in [0.3, 0.4) is 0 Å². The van der Waals surface area contributed by atoms with E-state index in [9.17, 15) is 8.78 Å². The van der Waals surface area contributed by atoms with Crippen LogP contribution in [0.25, 0.3) is 0 Å². The summed E-state index contributed by atoms with van der Waals surface area (Å²) in [5.74, 6) is 0.892. The lowest BCUT2D eigenvalue weighted by Gasteiger charge is -2.06. The van der Waals surface area contributed by atoms with Gasteiger partial charge in [-0.25, -0.2) is 13.8 Å². The molecule has 2 aromatic rings. The first-order valence-electron chi connectivity index (χ1n) is 5.67. The number of nitrogens with zero attached hydrogens (tertiary/aromatic N) is 2. The highest BCUT2D eigenvalue weighted by Gasteiger charge is 2.06. The number of benzene rings is 1. The molecule has 2 rings (SSSR count). The molecule has 0 aliphatic heterocycles. The first kappa shape index (κ1) is 13.2. The van der Waals surface area contributed by atoms with Crippen LogP contribution in [0.2, 0.25) is 0 Å². The van der Waals surface area contributed by atoms with Crippen LogP contribution in [0, 0.1) is 0 Å².